The smallest absolute Gasteiger partial charge is 0.201 e. The monoisotopic (exact) mass is 236 g/mol. The molecule has 0 aliphatic heterocycles. The molecular formula is C12H10F2N2O. The summed E-state index contributed by atoms with van der Waals surface area (Å²) in [7, 11) is 0. The topological polar surface area (TPSA) is 47.3 Å². The van der Waals surface area contributed by atoms with Gasteiger partial charge in [0, 0.05) is 5.69 Å². The number of nitrogen functional groups attached to an aromatic ring is 1. The van der Waals surface area contributed by atoms with Crippen LogP contribution in [0.15, 0.2) is 42.5 Å². The third kappa shape index (κ3) is 2.51. The van der Waals surface area contributed by atoms with E-state index in [-0.39, 0.29) is 5.75 Å². The van der Waals surface area contributed by atoms with Crippen molar-refractivity contribution < 1.29 is 13.5 Å². The Hall–Kier alpha value is -2.14. The first kappa shape index (κ1) is 11.3. The average Bonchev–Trinajstić information content (AvgIpc) is 2.36. The molecule has 0 saturated heterocycles. The minimum atomic E-state index is -1.01. The van der Waals surface area contributed by atoms with Crippen LogP contribution in [0.4, 0.5) is 14.5 Å². The molecule has 0 saturated carbocycles. The Labute approximate surface area is 96.8 Å². The summed E-state index contributed by atoms with van der Waals surface area (Å²) < 4.78 is 31.4. The minimum absolute atomic E-state index is 0.154. The highest BCUT2D eigenvalue weighted by molar-refractivity contribution is 5.46. The predicted octanol–water partition coefficient (Wildman–Crippen LogP) is 3.04. The van der Waals surface area contributed by atoms with Gasteiger partial charge in [-0.2, -0.15) is 4.39 Å². The fourth-order valence-electron chi connectivity index (χ4n) is 1.31. The van der Waals surface area contributed by atoms with E-state index in [1.807, 2.05) is 0 Å². The molecule has 3 nitrogen and oxygen atoms in total. The lowest BCUT2D eigenvalue weighted by Crippen LogP contribution is -2.05. The first-order valence-electron chi connectivity index (χ1n) is 4.89. The Kier molecular flexibility index (Phi) is 3.20. The summed E-state index contributed by atoms with van der Waals surface area (Å²) in [6, 6.07) is 10.3. The highest BCUT2D eigenvalue weighted by Gasteiger charge is 2.09. The molecule has 88 valence electrons. The van der Waals surface area contributed by atoms with E-state index in [1.54, 1.807) is 24.3 Å². The summed E-state index contributed by atoms with van der Waals surface area (Å²) >= 11 is 0. The number of benzene rings is 2. The van der Waals surface area contributed by atoms with Gasteiger partial charge in [-0.05, 0) is 36.4 Å². The van der Waals surface area contributed by atoms with E-state index in [9.17, 15) is 8.78 Å². The molecule has 5 heteroatoms. The Morgan fingerprint density at radius 1 is 1.00 bits per heavy atom. The molecule has 0 bridgehead atoms. The lowest BCUT2D eigenvalue weighted by molar-refractivity contribution is 0.416. The van der Waals surface area contributed by atoms with Crippen LogP contribution in [0, 0.1) is 11.6 Å². The quantitative estimate of drug-likeness (QED) is 0.636. The van der Waals surface area contributed by atoms with Gasteiger partial charge >= 0.3 is 0 Å². The molecule has 0 radical (unpaired) electrons. The van der Waals surface area contributed by atoms with Crippen LogP contribution in [0.5, 0.6) is 11.5 Å². The molecule has 0 unspecified atom stereocenters. The molecular weight excluding hydrogens is 226 g/mol. The number of nitrogens with one attached hydrogen (secondary N) is 1. The minimum Gasteiger partial charge on any atom is -0.454 e. The number of halogens is 2. The van der Waals surface area contributed by atoms with Gasteiger partial charge in [0.05, 0.1) is 0 Å². The molecule has 0 aromatic heterocycles. The summed E-state index contributed by atoms with van der Waals surface area (Å²) in [5.41, 5.74) is 3.14. The normalized spacial score (nSPS) is 10.1. The number of hydrogen-bond donors (Lipinski definition) is 2. The second-order valence-corrected chi connectivity index (χ2v) is 3.32. The maximum absolute atomic E-state index is 13.3. The van der Waals surface area contributed by atoms with Crippen LogP contribution >= 0.6 is 0 Å². The lowest BCUT2D eigenvalue weighted by atomic mass is 10.3. The van der Waals surface area contributed by atoms with Crippen molar-refractivity contribution in [2.24, 2.45) is 5.84 Å². The zero-order chi connectivity index (χ0) is 12.3. The van der Waals surface area contributed by atoms with E-state index in [4.69, 9.17) is 10.6 Å². The summed E-state index contributed by atoms with van der Waals surface area (Å²) in [6.07, 6.45) is 0. The number of ether oxygens (including phenoxy) is 1. The van der Waals surface area contributed by atoms with Crippen LogP contribution in [0.25, 0.3) is 0 Å². The van der Waals surface area contributed by atoms with Gasteiger partial charge in [0.25, 0.3) is 0 Å². The van der Waals surface area contributed by atoms with Crippen molar-refractivity contribution >= 4 is 5.69 Å². The van der Waals surface area contributed by atoms with Gasteiger partial charge in [-0.15, -0.1) is 0 Å². The Morgan fingerprint density at radius 3 is 2.35 bits per heavy atom. The van der Waals surface area contributed by atoms with Gasteiger partial charge in [0.15, 0.2) is 11.6 Å². The van der Waals surface area contributed by atoms with Gasteiger partial charge in [-0.1, -0.05) is 6.07 Å². The van der Waals surface area contributed by atoms with Crippen LogP contribution in [-0.2, 0) is 0 Å². The standard InChI is InChI=1S/C12H10F2N2O/c13-10-2-1-3-11(12(10)14)17-9-6-4-8(16-15)5-7-9/h1-7,16H,15H2. The Balaban J connectivity index is 2.22. The van der Waals surface area contributed by atoms with E-state index < -0.39 is 11.6 Å². The molecule has 0 amide bonds. The van der Waals surface area contributed by atoms with Crippen molar-refractivity contribution in [1.82, 2.24) is 0 Å². The van der Waals surface area contributed by atoms with Gasteiger partial charge in [0.1, 0.15) is 5.75 Å². The second kappa shape index (κ2) is 4.80. The fourth-order valence-corrected chi connectivity index (χ4v) is 1.31. The number of nitrogens with two attached hydrogens (primary N) is 1. The van der Waals surface area contributed by atoms with Gasteiger partial charge in [-0.3, -0.25) is 5.84 Å². The van der Waals surface area contributed by atoms with Crippen LogP contribution in [0.3, 0.4) is 0 Å². The first-order valence-corrected chi connectivity index (χ1v) is 4.89. The molecule has 0 fully saturated rings. The zero-order valence-corrected chi connectivity index (χ0v) is 8.78. The number of anilines is 1. The van der Waals surface area contributed by atoms with E-state index in [1.165, 1.54) is 12.1 Å². The van der Waals surface area contributed by atoms with Gasteiger partial charge in [-0.25, -0.2) is 4.39 Å². The van der Waals surface area contributed by atoms with Crippen molar-refractivity contribution in [1.29, 1.82) is 0 Å². The van der Waals surface area contributed by atoms with Gasteiger partial charge in [0.2, 0.25) is 5.82 Å². The highest BCUT2D eigenvalue weighted by Crippen LogP contribution is 2.26. The molecule has 2 aromatic carbocycles. The first-order chi connectivity index (χ1) is 8.20. The molecule has 0 atom stereocenters. The fraction of sp³-hybridized carbons (Fsp3) is 0. The van der Waals surface area contributed by atoms with Crippen molar-refractivity contribution in [2.45, 2.75) is 0 Å². The predicted molar refractivity (Wildman–Crippen MR) is 60.7 cm³/mol. The molecule has 17 heavy (non-hydrogen) atoms. The van der Waals surface area contributed by atoms with Crippen molar-refractivity contribution in [2.75, 3.05) is 5.43 Å². The van der Waals surface area contributed by atoms with Crippen molar-refractivity contribution in [3.8, 4) is 11.5 Å². The summed E-state index contributed by atoms with van der Waals surface area (Å²) in [5.74, 6) is 3.49. The van der Waals surface area contributed by atoms with Crippen LogP contribution in [0.2, 0.25) is 0 Å². The summed E-state index contributed by atoms with van der Waals surface area (Å²) in [5, 5.41) is 0. The third-order valence-corrected chi connectivity index (χ3v) is 2.16. The molecule has 0 heterocycles. The second-order valence-electron chi connectivity index (χ2n) is 3.32. The highest BCUT2D eigenvalue weighted by atomic mass is 19.2. The largest absolute Gasteiger partial charge is 0.454 e. The van der Waals surface area contributed by atoms with Crippen LogP contribution in [-0.4, -0.2) is 0 Å². The van der Waals surface area contributed by atoms with E-state index in [0.717, 1.165) is 6.07 Å². The van der Waals surface area contributed by atoms with Crippen LogP contribution in [0.1, 0.15) is 0 Å². The van der Waals surface area contributed by atoms with E-state index in [2.05, 4.69) is 5.43 Å². The number of hydrogen-bond acceptors (Lipinski definition) is 3. The maximum atomic E-state index is 13.3. The zero-order valence-electron chi connectivity index (χ0n) is 8.78. The molecule has 2 rings (SSSR count). The van der Waals surface area contributed by atoms with E-state index >= 15 is 0 Å². The van der Waals surface area contributed by atoms with Crippen LogP contribution < -0.4 is 16.0 Å². The number of rotatable bonds is 3. The SMILES string of the molecule is NNc1ccc(Oc2cccc(F)c2F)cc1. The Morgan fingerprint density at radius 2 is 1.71 bits per heavy atom. The average molecular weight is 236 g/mol. The molecule has 3 N–H and O–H groups in total. The van der Waals surface area contributed by atoms with E-state index in [0.29, 0.717) is 11.4 Å². The summed E-state index contributed by atoms with van der Waals surface area (Å²) in [4.78, 5) is 0. The Bertz CT molecular complexity index is 514. The molecule has 2 aromatic rings. The summed E-state index contributed by atoms with van der Waals surface area (Å²) in [6.45, 7) is 0. The molecule has 0 spiro atoms. The van der Waals surface area contributed by atoms with Gasteiger partial charge < -0.3 is 10.2 Å². The lowest BCUT2D eigenvalue weighted by Gasteiger charge is -2.07. The van der Waals surface area contributed by atoms with Crippen molar-refractivity contribution in [3.05, 3.63) is 54.1 Å². The maximum Gasteiger partial charge on any atom is 0.201 e. The molecule has 0 aliphatic rings. The number of hydrazine groups is 1. The third-order valence-electron chi connectivity index (χ3n) is 2.16. The van der Waals surface area contributed by atoms with Crippen molar-refractivity contribution in [3.63, 3.8) is 0 Å². The molecule has 0 aliphatic carbocycles.